The van der Waals surface area contributed by atoms with Crippen LogP contribution < -0.4 is 0 Å². The maximum absolute atomic E-state index is 12.1. The Labute approximate surface area is 105 Å². The average molecular weight is 259 g/mol. The molecule has 0 aliphatic rings. The first-order valence-corrected chi connectivity index (χ1v) is 5.77. The van der Waals surface area contributed by atoms with Gasteiger partial charge >= 0.3 is 0 Å². The van der Waals surface area contributed by atoms with E-state index in [-0.39, 0.29) is 5.91 Å². The molecule has 94 valence electrons. The number of nitrogens with zero attached hydrogens (tertiary/aromatic N) is 1. The first kappa shape index (κ1) is 14.0. The van der Waals surface area contributed by atoms with Crippen LogP contribution in [0.3, 0.4) is 0 Å². The van der Waals surface area contributed by atoms with Crippen LogP contribution in [-0.2, 0) is 11.2 Å². The van der Waals surface area contributed by atoms with E-state index in [2.05, 4.69) is 12.6 Å². The van der Waals surface area contributed by atoms with Crippen LogP contribution in [0.1, 0.15) is 5.56 Å². The molecule has 0 saturated carbocycles. The van der Waals surface area contributed by atoms with Crippen LogP contribution in [0.2, 0.25) is 0 Å². The van der Waals surface area contributed by atoms with Crippen molar-refractivity contribution in [2.45, 2.75) is 18.1 Å². The Kier molecular flexibility index (Phi) is 5.41. The van der Waals surface area contributed by atoms with Crippen molar-refractivity contribution in [3.63, 3.8) is 0 Å². The number of carbonyl (C=O) groups excluding carboxylic acids is 1. The van der Waals surface area contributed by atoms with Gasteiger partial charge < -0.3 is 4.90 Å². The SMILES string of the molecule is CN(CC(F)F)C(=O)C(S)Cc1ccccc1. The number of benzene rings is 1. The summed E-state index contributed by atoms with van der Waals surface area (Å²) in [5, 5.41) is -0.582. The van der Waals surface area contributed by atoms with Gasteiger partial charge in [-0.25, -0.2) is 8.78 Å². The maximum Gasteiger partial charge on any atom is 0.255 e. The van der Waals surface area contributed by atoms with Gasteiger partial charge in [0.1, 0.15) is 0 Å². The van der Waals surface area contributed by atoms with Crippen LogP contribution >= 0.6 is 12.6 Å². The zero-order valence-electron chi connectivity index (χ0n) is 9.51. The average Bonchev–Trinajstić information content (AvgIpc) is 2.28. The second-order valence-corrected chi connectivity index (χ2v) is 4.44. The lowest BCUT2D eigenvalue weighted by Crippen LogP contribution is -2.37. The molecule has 0 aliphatic heterocycles. The van der Waals surface area contributed by atoms with Crippen molar-refractivity contribution >= 4 is 18.5 Å². The lowest BCUT2D eigenvalue weighted by Gasteiger charge is -2.20. The summed E-state index contributed by atoms with van der Waals surface area (Å²) in [4.78, 5) is 12.7. The maximum atomic E-state index is 12.1. The summed E-state index contributed by atoms with van der Waals surface area (Å²) in [5.74, 6) is -0.377. The van der Waals surface area contributed by atoms with E-state index in [4.69, 9.17) is 0 Å². The number of hydrogen-bond donors (Lipinski definition) is 1. The molecule has 1 rings (SSSR count). The summed E-state index contributed by atoms with van der Waals surface area (Å²) >= 11 is 4.16. The highest BCUT2D eigenvalue weighted by Gasteiger charge is 2.20. The van der Waals surface area contributed by atoms with E-state index in [1.807, 2.05) is 30.3 Å². The van der Waals surface area contributed by atoms with E-state index in [1.54, 1.807) is 0 Å². The van der Waals surface area contributed by atoms with Crippen LogP contribution in [-0.4, -0.2) is 36.1 Å². The van der Waals surface area contributed by atoms with Crippen molar-refractivity contribution in [1.82, 2.24) is 4.90 Å². The van der Waals surface area contributed by atoms with E-state index >= 15 is 0 Å². The standard InChI is InChI=1S/C12H15F2NOS/c1-15(8-11(13)14)12(16)10(17)7-9-5-3-2-4-6-9/h2-6,10-11,17H,7-8H2,1H3. The fourth-order valence-electron chi connectivity index (χ4n) is 1.48. The summed E-state index contributed by atoms with van der Waals surface area (Å²) in [6.07, 6.45) is -2.07. The quantitative estimate of drug-likeness (QED) is 0.804. The molecule has 5 heteroatoms. The van der Waals surface area contributed by atoms with Gasteiger partial charge in [-0.15, -0.1) is 0 Å². The monoisotopic (exact) mass is 259 g/mol. The second-order valence-electron chi connectivity index (χ2n) is 3.82. The highest BCUT2D eigenvalue weighted by atomic mass is 32.1. The highest BCUT2D eigenvalue weighted by molar-refractivity contribution is 7.81. The van der Waals surface area contributed by atoms with Gasteiger partial charge in [0, 0.05) is 7.05 Å². The number of hydrogen-bond acceptors (Lipinski definition) is 2. The van der Waals surface area contributed by atoms with Crippen molar-refractivity contribution in [1.29, 1.82) is 0 Å². The molecular weight excluding hydrogens is 244 g/mol. The smallest absolute Gasteiger partial charge is 0.255 e. The summed E-state index contributed by atoms with van der Waals surface area (Å²) in [5.41, 5.74) is 0.964. The van der Waals surface area contributed by atoms with Gasteiger partial charge in [-0.3, -0.25) is 4.79 Å². The van der Waals surface area contributed by atoms with Gasteiger partial charge in [0.15, 0.2) is 0 Å². The van der Waals surface area contributed by atoms with Crippen molar-refractivity contribution in [3.8, 4) is 0 Å². The number of amides is 1. The second kappa shape index (κ2) is 6.59. The van der Waals surface area contributed by atoms with E-state index in [1.165, 1.54) is 7.05 Å². The van der Waals surface area contributed by atoms with E-state index in [9.17, 15) is 13.6 Å². The molecule has 0 N–H and O–H groups in total. The van der Waals surface area contributed by atoms with Crippen molar-refractivity contribution in [2.75, 3.05) is 13.6 Å². The van der Waals surface area contributed by atoms with Crippen molar-refractivity contribution in [2.24, 2.45) is 0 Å². The van der Waals surface area contributed by atoms with Gasteiger partial charge in [0.25, 0.3) is 6.43 Å². The summed E-state index contributed by atoms with van der Waals surface area (Å²) in [7, 11) is 1.36. The predicted molar refractivity (Wildman–Crippen MR) is 66.6 cm³/mol. The molecule has 0 saturated heterocycles. The minimum Gasteiger partial charge on any atom is -0.339 e. The van der Waals surface area contributed by atoms with Gasteiger partial charge in [-0.1, -0.05) is 30.3 Å². The molecule has 1 aromatic carbocycles. The fourth-order valence-corrected chi connectivity index (χ4v) is 1.88. The normalized spacial score (nSPS) is 12.5. The molecule has 1 atom stereocenters. The topological polar surface area (TPSA) is 20.3 Å². The largest absolute Gasteiger partial charge is 0.339 e. The first-order chi connectivity index (χ1) is 8.00. The predicted octanol–water partition coefficient (Wildman–Crippen LogP) is 2.25. The zero-order chi connectivity index (χ0) is 12.8. The molecule has 1 aromatic rings. The van der Waals surface area contributed by atoms with Gasteiger partial charge in [-0.2, -0.15) is 12.6 Å². The Hall–Kier alpha value is -1.10. The van der Waals surface area contributed by atoms with Crippen molar-refractivity contribution in [3.05, 3.63) is 35.9 Å². The third-order valence-electron chi connectivity index (χ3n) is 2.35. The first-order valence-electron chi connectivity index (χ1n) is 5.26. The van der Waals surface area contributed by atoms with E-state index < -0.39 is 18.2 Å². The van der Waals surface area contributed by atoms with Crippen LogP contribution in [0.25, 0.3) is 0 Å². The summed E-state index contributed by atoms with van der Waals surface area (Å²) in [6.45, 7) is -0.551. The minimum absolute atomic E-state index is 0.377. The van der Waals surface area contributed by atoms with Crippen LogP contribution in [0.4, 0.5) is 8.78 Å². The molecule has 0 aliphatic carbocycles. The Morgan fingerprint density at radius 3 is 2.47 bits per heavy atom. The Morgan fingerprint density at radius 2 is 1.94 bits per heavy atom. The molecule has 0 aromatic heterocycles. The number of halogens is 2. The molecule has 1 amide bonds. The molecule has 0 fully saturated rings. The van der Waals surface area contributed by atoms with Gasteiger partial charge in [0.05, 0.1) is 11.8 Å². The van der Waals surface area contributed by atoms with Crippen LogP contribution in [0.5, 0.6) is 0 Å². The van der Waals surface area contributed by atoms with E-state index in [0.29, 0.717) is 6.42 Å². The van der Waals surface area contributed by atoms with Gasteiger partial charge in [0.2, 0.25) is 5.91 Å². The zero-order valence-corrected chi connectivity index (χ0v) is 10.4. The van der Waals surface area contributed by atoms with Crippen LogP contribution in [0, 0.1) is 0 Å². The Morgan fingerprint density at radius 1 is 1.35 bits per heavy atom. The molecule has 0 spiro atoms. The third kappa shape index (κ3) is 4.73. The fraction of sp³-hybridized carbons (Fsp3) is 0.417. The van der Waals surface area contributed by atoms with Crippen LogP contribution in [0.15, 0.2) is 30.3 Å². The van der Waals surface area contributed by atoms with E-state index in [0.717, 1.165) is 10.5 Å². The number of carbonyl (C=O) groups is 1. The number of rotatable bonds is 5. The summed E-state index contributed by atoms with van der Waals surface area (Å²) < 4.78 is 24.2. The number of alkyl halides is 2. The van der Waals surface area contributed by atoms with Crippen molar-refractivity contribution < 1.29 is 13.6 Å². The minimum atomic E-state index is -2.51. The molecule has 17 heavy (non-hydrogen) atoms. The van der Waals surface area contributed by atoms with Gasteiger partial charge in [-0.05, 0) is 12.0 Å². The Bertz CT molecular complexity index is 359. The highest BCUT2D eigenvalue weighted by Crippen LogP contribution is 2.10. The molecule has 1 unspecified atom stereocenters. The molecule has 0 radical (unpaired) electrons. The molecular formula is C12H15F2NOS. The number of thiol groups is 1. The molecule has 0 bridgehead atoms. The lowest BCUT2D eigenvalue weighted by molar-refractivity contribution is -0.130. The summed E-state index contributed by atoms with van der Waals surface area (Å²) in [6, 6.07) is 9.36. The Balaban J connectivity index is 2.52. The molecule has 0 heterocycles. The third-order valence-corrected chi connectivity index (χ3v) is 2.75. The molecule has 2 nitrogen and oxygen atoms in total. The lowest BCUT2D eigenvalue weighted by atomic mass is 10.1.